The molecular weight excluding hydrogens is 334 g/mol. The molecule has 1 fully saturated rings. The lowest BCUT2D eigenvalue weighted by Crippen LogP contribution is -2.43. The molecule has 0 radical (unpaired) electrons. The lowest BCUT2D eigenvalue weighted by Gasteiger charge is -2.35. The van der Waals surface area contributed by atoms with Crippen LogP contribution in [0.25, 0.3) is 5.65 Å². The number of nitrogens with one attached hydrogen (secondary N) is 3. The van der Waals surface area contributed by atoms with Crippen molar-refractivity contribution in [3.05, 3.63) is 52.0 Å². The van der Waals surface area contributed by atoms with Crippen molar-refractivity contribution in [2.75, 3.05) is 12.4 Å². The molecule has 3 aromatic rings. The summed E-state index contributed by atoms with van der Waals surface area (Å²) in [6.45, 7) is 1.78. The highest BCUT2D eigenvalue weighted by molar-refractivity contribution is 5.95. The molecule has 26 heavy (non-hydrogen) atoms. The van der Waals surface area contributed by atoms with Crippen LogP contribution in [-0.2, 0) is 0 Å². The number of hydrogen-bond acceptors (Lipinski definition) is 6. The van der Waals surface area contributed by atoms with Crippen LogP contribution in [0.4, 0.5) is 5.82 Å². The Bertz CT molecular complexity index is 1030. The second-order valence-electron chi connectivity index (χ2n) is 6.49. The monoisotopic (exact) mass is 353 g/mol. The van der Waals surface area contributed by atoms with Crippen LogP contribution in [0.5, 0.6) is 0 Å². The summed E-state index contributed by atoms with van der Waals surface area (Å²) in [7, 11) is 1.82. The number of aromatic amines is 1. The van der Waals surface area contributed by atoms with Crippen molar-refractivity contribution >= 4 is 17.4 Å². The summed E-state index contributed by atoms with van der Waals surface area (Å²) >= 11 is 0. The Morgan fingerprint density at radius 3 is 2.85 bits per heavy atom. The molecule has 1 aliphatic rings. The summed E-state index contributed by atoms with van der Waals surface area (Å²) in [5.74, 6) is 0.921. The van der Waals surface area contributed by atoms with E-state index in [0.29, 0.717) is 22.8 Å². The maximum atomic E-state index is 12.6. The van der Waals surface area contributed by atoms with E-state index in [9.17, 15) is 9.59 Å². The van der Waals surface area contributed by atoms with Crippen molar-refractivity contribution in [3.63, 3.8) is 0 Å². The fourth-order valence-corrected chi connectivity index (χ4v) is 3.27. The molecule has 9 nitrogen and oxygen atoms in total. The van der Waals surface area contributed by atoms with Gasteiger partial charge in [0.25, 0.3) is 11.5 Å². The van der Waals surface area contributed by atoms with Crippen LogP contribution < -0.4 is 16.2 Å². The number of nitrogens with zero attached hydrogens (tertiary/aromatic N) is 4. The molecule has 0 atom stereocenters. The van der Waals surface area contributed by atoms with Gasteiger partial charge >= 0.3 is 0 Å². The SMILES string of the molecule is CNc1cc(C2CC(NC(=O)c3cnc4cc(=O)[nH]n4c3C)C2)ncn1. The van der Waals surface area contributed by atoms with E-state index in [1.807, 2.05) is 13.1 Å². The highest BCUT2D eigenvalue weighted by Crippen LogP contribution is 2.36. The lowest BCUT2D eigenvalue weighted by molar-refractivity contribution is 0.0906. The molecular formula is C17H19N7O2. The van der Waals surface area contributed by atoms with E-state index in [-0.39, 0.29) is 17.5 Å². The number of carbonyl (C=O) groups excluding carboxylic acids is 1. The van der Waals surface area contributed by atoms with Gasteiger partial charge in [0.15, 0.2) is 5.65 Å². The Kier molecular flexibility index (Phi) is 3.90. The van der Waals surface area contributed by atoms with E-state index >= 15 is 0 Å². The first-order chi connectivity index (χ1) is 12.5. The molecule has 134 valence electrons. The van der Waals surface area contributed by atoms with Gasteiger partial charge in [0, 0.05) is 43.0 Å². The summed E-state index contributed by atoms with van der Waals surface area (Å²) in [5.41, 5.74) is 2.34. The first-order valence-electron chi connectivity index (χ1n) is 8.43. The topological polar surface area (TPSA) is 117 Å². The Morgan fingerprint density at radius 2 is 2.08 bits per heavy atom. The summed E-state index contributed by atoms with van der Waals surface area (Å²) < 4.78 is 1.53. The van der Waals surface area contributed by atoms with Gasteiger partial charge in [-0.05, 0) is 19.8 Å². The Balaban J connectivity index is 1.43. The van der Waals surface area contributed by atoms with Gasteiger partial charge in [-0.25, -0.2) is 19.5 Å². The fraction of sp³-hybridized carbons (Fsp3) is 0.353. The molecule has 1 aliphatic carbocycles. The summed E-state index contributed by atoms with van der Waals surface area (Å²) in [6, 6.07) is 3.43. The van der Waals surface area contributed by atoms with E-state index < -0.39 is 0 Å². The largest absolute Gasteiger partial charge is 0.373 e. The van der Waals surface area contributed by atoms with Crippen molar-refractivity contribution in [3.8, 4) is 0 Å². The van der Waals surface area contributed by atoms with Crippen LogP contribution in [-0.4, -0.2) is 43.6 Å². The molecule has 0 aliphatic heterocycles. The van der Waals surface area contributed by atoms with Crippen LogP contribution in [0.15, 0.2) is 29.5 Å². The average Bonchev–Trinajstić information content (AvgIpc) is 2.99. The summed E-state index contributed by atoms with van der Waals surface area (Å²) in [4.78, 5) is 36.6. The molecule has 0 bridgehead atoms. The van der Waals surface area contributed by atoms with Gasteiger partial charge in [0.05, 0.1) is 11.3 Å². The number of aromatic nitrogens is 5. The molecule has 3 aromatic heterocycles. The van der Waals surface area contributed by atoms with Gasteiger partial charge in [-0.1, -0.05) is 0 Å². The molecule has 3 heterocycles. The Morgan fingerprint density at radius 1 is 1.27 bits per heavy atom. The van der Waals surface area contributed by atoms with Gasteiger partial charge in [-0.3, -0.25) is 14.7 Å². The number of fused-ring (bicyclic) bond motifs is 1. The zero-order chi connectivity index (χ0) is 18.3. The van der Waals surface area contributed by atoms with E-state index in [4.69, 9.17) is 0 Å². The smallest absolute Gasteiger partial charge is 0.266 e. The molecule has 0 unspecified atom stereocenters. The third kappa shape index (κ3) is 2.81. The number of H-pyrrole nitrogens is 1. The number of hydrogen-bond donors (Lipinski definition) is 3. The van der Waals surface area contributed by atoms with Gasteiger partial charge in [-0.15, -0.1) is 0 Å². The predicted molar refractivity (Wildman–Crippen MR) is 95.4 cm³/mol. The second-order valence-corrected chi connectivity index (χ2v) is 6.49. The van der Waals surface area contributed by atoms with Crippen LogP contribution in [0.2, 0.25) is 0 Å². The predicted octanol–water partition coefficient (Wildman–Crippen LogP) is 0.839. The van der Waals surface area contributed by atoms with Crippen LogP contribution >= 0.6 is 0 Å². The van der Waals surface area contributed by atoms with Crippen LogP contribution in [0.3, 0.4) is 0 Å². The lowest BCUT2D eigenvalue weighted by atomic mass is 9.78. The quantitative estimate of drug-likeness (QED) is 0.640. The van der Waals surface area contributed by atoms with E-state index in [1.54, 1.807) is 13.3 Å². The first kappa shape index (κ1) is 16.2. The van der Waals surface area contributed by atoms with Gasteiger partial charge in [-0.2, -0.15) is 0 Å². The molecule has 0 saturated heterocycles. The second kappa shape index (κ2) is 6.25. The number of aryl methyl sites for hydroxylation is 1. The fourth-order valence-electron chi connectivity index (χ4n) is 3.27. The Hall–Kier alpha value is -3.23. The van der Waals surface area contributed by atoms with Crippen LogP contribution in [0.1, 0.15) is 40.5 Å². The minimum atomic E-state index is -0.245. The maximum absolute atomic E-state index is 12.6. The molecule has 0 spiro atoms. The third-order valence-electron chi connectivity index (χ3n) is 4.84. The van der Waals surface area contributed by atoms with E-state index in [0.717, 1.165) is 24.4 Å². The molecule has 9 heteroatoms. The standard InChI is InChI=1S/C17H19N7O2/c1-9-12(7-19-15-6-16(25)23-24(9)15)17(26)22-11-3-10(4-11)13-5-14(18-2)21-8-20-13/h5-8,10-11H,3-4H2,1-2H3,(H,22,26)(H,23,25)(H,18,20,21). The molecule has 1 amide bonds. The van der Waals surface area contributed by atoms with Gasteiger partial charge in [0.2, 0.25) is 0 Å². The number of amides is 1. The number of rotatable bonds is 4. The number of carbonyl (C=O) groups is 1. The normalized spacial score (nSPS) is 19.2. The molecule has 0 aromatic carbocycles. The highest BCUT2D eigenvalue weighted by Gasteiger charge is 2.33. The highest BCUT2D eigenvalue weighted by atomic mass is 16.2. The number of anilines is 1. The van der Waals surface area contributed by atoms with Gasteiger partial charge in [0.1, 0.15) is 12.1 Å². The van der Waals surface area contributed by atoms with E-state index in [1.165, 1.54) is 16.8 Å². The molecule has 3 N–H and O–H groups in total. The van der Waals surface area contributed by atoms with Crippen molar-refractivity contribution in [2.24, 2.45) is 0 Å². The van der Waals surface area contributed by atoms with Gasteiger partial charge < -0.3 is 10.6 Å². The third-order valence-corrected chi connectivity index (χ3v) is 4.84. The minimum Gasteiger partial charge on any atom is -0.373 e. The van der Waals surface area contributed by atoms with Crippen molar-refractivity contribution in [1.82, 2.24) is 29.9 Å². The summed E-state index contributed by atoms with van der Waals surface area (Å²) in [6.07, 6.45) is 4.73. The maximum Gasteiger partial charge on any atom is 0.266 e. The zero-order valence-corrected chi connectivity index (χ0v) is 14.5. The Labute approximate surface area is 148 Å². The van der Waals surface area contributed by atoms with Crippen LogP contribution in [0, 0.1) is 6.92 Å². The summed E-state index contributed by atoms with van der Waals surface area (Å²) in [5, 5.41) is 8.67. The molecule has 4 rings (SSSR count). The van der Waals surface area contributed by atoms with Crippen molar-refractivity contribution in [2.45, 2.75) is 31.7 Å². The minimum absolute atomic E-state index is 0.0966. The van der Waals surface area contributed by atoms with Crippen molar-refractivity contribution in [1.29, 1.82) is 0 Å². The first-order valence-corrected chi connectivity index (χ1v) is 8.43. The van der Waals surface area contributed by atoms with E-state index in [2.05, 4.69) is 30.7 Å². The molecule has 1 saturated carbocycles. The van der Waals surface area contributed by atoms with Crippen molar-refractivity contribution < 1.29 is 4.79 Å². The zero-order valence-electron chi connectivity index (χ0n) is 14.5. The average molecular weight is 353 g/mol.